The molecule has 0 amide bonds. The zero-order valence-electron chi connectivity index (χ0n) is 8.69. The summed E-state index contributed by atoms with van der Waals surface area (Å²) in [6.07, 6.45) is 0. The number of Topliss-reactive ketones (excluding diaryl/α,β-unsaturated/α-hetero) is 1. The van der Waals surface area contributed by atoms with Crippen molar-refractivity contribution in [3.8, 4) is 0 Å². The summed E-state index contributed by atoms with van der Waals surface area (Å²) >= 11 is 0. The van der Waals surface area contributed by atoms with Gasteiger partial charge < -0.3 is 10.5 Å². The molecule has 15 heavy (non-hydrogen) atoms. The van der Waals surface area contributed by atoms with E-state index in [4.69, 9.17) is 5.73 Å². The molecule has 0 radical (unpaired) electrons. The molecule has 1 unspecified atom stereocenters. The Morgan fingerprint density at radius 3 is 2.27 bits per heavy atom. The number of ketones is 1. The normalized spacial score (nSPS) is 14.1. The third kappa shape index (κ3) is 2.22. The zero-order valence-corrected chi connectivity index (χ0v) is 8.69. The second-order valence-electron chi connectivity index (χ2n) is 3.39. The molecule has 0 saturated carbocycles. The van der Waals surface area contributed by atoms with Gasteiger partial charge >= 0.3 is 5.97 Å². The molecule has 80 valence electrons. The molecule has 1 aromatic rings. The molecule has 0 heterocycles. The van der Waals surface area contributed by atoms with Crippen LogP contribution in [0.4, 0.5) is 0 Å². The largest absolute Gasteiger partial charge is 0.467 e. The Kier molecular flexibility index (Phi) is 3.21. The lowest BCUT2D eigenvalue weighted by Crippen LogP contribution is -2.52. The molecule has 0 bridgehead atoms. The maximum Gasteiger partial charge on any atom is 0.333 e. The van der Waals surface area contributed by atoms with Crippen LogP contribution in [0, 0.1) is 0 Å². The van der Waals surface area contributed by atoms with E-state index in [1.165, 1.54) is 14.0 Å². The fourth-order valence-electron chi connectivity index (χ4n) is 1.19. The molecule has 0 aromatic heterocycles. The smallest absolute Gasteiger partial charge is 0.333 e. The maximum atomic E-state index is 11.8. The Labute approximate surface area is 88.0 Å². The summed E-state index contributed by atoms with van der Waals surface area (Å²) in [6, 6.07) is 8.41. The van der Waals surface area contributed by atoms with Gasteiger partial charge in [-0.25, -0.2) is 4.79 Å². The number of nitrogens with two attached hydrogens (primary N) is 1. The van der Waals surface area contributed by atoms with E-state index in [0.29, 0.717) is 5.56 Å². The van der Waals surface area contributed by atoms with E-state index in [1.807, 2.05) is 0 Å². The first-order chi connectivity index (χ1) is 7.00. The molecule has 0 aliphatic rings. The number of benzene rings is 1. The summed E-state index contributed by atoms with van der Waals surface area (Å²) in [7, 11) is 1.20. The predicted octanol–water partition coefficient (Wildman–Crippen LogP) is 0.760. The lowest BCUT2D eigenvalue weighted by Gasteiger charge is -2.19. The van der Waals surface area contributed by atoms with Crippen LogP contribution in [-0.2, 0) is 9.53 Å². The van der Waals surface area contributed by atoms with Gasteiger partial charge in [-0.3, -0.25) is 4.79 Å². The molecule has 4 heteroatoms. The van der Waals surface area contributed by atoms with Crippen molar-refractivity contribution in [1.82, 2.24) is 0 Å². The number of rotatable bonds is 3. The monoisotopic (exact) mass is 207 g/mol. The van der Waals surface area contributed by atoms with E-state index in [2.05, 4.69) is 4.74 Å². The number of esters is 1. The predicted molar refractivity (Wildman–Crippen MR) is 55.4 cm³/mol. The van der Waals surface area contributed by atoms with Gasteiger partial charge in [0.2, 0.25) is 0 Å². The quantitative estimate of drug-likeness (QED) is 0.451. The van der Waals surface area contributed by atoms with Gasteiger partial charge in [0.1, 0.15) is 0 Å². The molecule has 2 N–H and O–H groups in total. The van der Waals surface area contributed by atoms with E-state index in [9.17, 15) is 9.59 Å². The molecular weight excluding hydrogens is 194 g/mol. The summed E-state index contributed by atoms with van der Waals surface area (Å²) in [5.74, 6) is -1.19. The summed E-state index contributed by atoms with van der Waals surface area (Å²) in [4.78, 5) is 23.1. The van der Waals surface area contributed by atoms with Gasteiger partial charge in [0.05, 0.1) is 7.11 Å². The van der Waals surface area contributed by atoms with Crippen LogP contribution in [-0.4, -0.2) is 24.4 Å². The fraction of sp³-hybridized carbons (Fsp3) is 0.273. The first-order valence-corrected chi connectivity index (χ1v) is 4.47. The average Bonchev–Trinajstić information content (AvgIpc) is 2.28. The van der Waals surface area contributed by atoms with Crippen LogP contribution in [0.3, 0.4) is 0 Å². The molecule has 0 aliphatic heterocycles. The molecule has 0 aliphatic carbocycles. The van der Waals surface area contributed by atoms with Crippen LogP contribution in [0.1, 0.15) is 17.3 Å². The van der Waals surface area contributed by atoms with Gasteiger partial charge in [-0.1, -0.05) is 30.3 Å². The maximum absolute atomic E-state index is 11.8. The van der Waals surface area contributed by atoms with Crippen LogP contribution in [0.25, 0.3) is 0 Å². The Morgan fingerprint density at radius 2 is 1.80 bits per heavy atom. The van der Waals surface area contributed by atoms with Gasteiger partial charge in [0.15, 0.2) is 11.3 Å². The molecule has 4 nitrogen and oxygen atoms in total. The highest BCUT2D eigenvalue weighted by Gasteiger charge is 2.38. The van der Waals surface area contributed by atoms with Crippen molar-refractivity contribution >= 4 is 11.8 Å². The highest BCUT2D eigenvalue weighted by atomic mass is 16.5. The molecule has 1 aromatic carbocycles. The fourth-order valence-corrected chi connectivity index (χ4v) is 1.19. The van der Waals surface area contributed by atoms with Crippen molar-refractivity contribution in [3.63, 3.8) is 0 Å². The minimum Gasteiger partial charge on any atom is -0.467 e. The SMILES string of the molecule is COC(=O)C(C)(N)C(=O)c1ccccc1. The minimum absolute atomic E-state index is 0.396. The first-order valence-electron chi connectivity index (χ1n) is 4.47. The number of carbonyl (C=O) groups is 2. The van der Waals surface area contributed by atoms with E-state index < -0.39 is 17.3 Å². The molecule has 1 rings (SSSR count). The van der Waals surface area contributed by atoms with E-state index in [1.54, 1.807) is 30.3 Å². The van der Waals surface area contributed by atoms with Gasteiger partial charge in [0.25, 0.3) is 0 Å². The molecule has 0 spiro atoms. The molecule has 1 atom stereocenters. The highest BCUT2D eigenvalue weighted by molar-refractivity contribution is 6.15. The van der Waals surface area contributed by atoms with Crippen LogP contribution in [0.15, 0.2) is 30.3 Å². The first kappa shape index (κ1) is 11.4. The minimum atomic E-state index is -1.63. The summed E-state index contributed by atoms with van der Waals surface area (Å²) in [5, 5.41) is 0. The molecule has 0 saturated heterocycles. The van der Waals surface area contributed by atoms with Crippen molar-refractivity contribution in [2.24, 2.45) is 5.73 Å². The van der Waals surface area contributed by atoms with E-state index in [-0.39, 0.29) is 0 Å². The third-order valence-corrected chi connectivity index (χ3v) is 2.12. The van der Waals surface area contributed by atoms with E-state index in [0.717, 1.165) is 0 Å². The number of methoxy groups -OCH3 is 1. The number of ether oxygens (including phenoxy) is 1. The van der Waals surface area contributed by atoms with Crippen molar-refractivity contribution in [2.45, 2.75) is 12.5 Å². The third-order valence-electron chi connectivity index (χ3n) is 2.12. The van der Waals surface area contributed by atoms with Crippen molar-refractivity contribution in [3.05, 3.63) is 35.9 Å². The van der Waals surface area contributed by atoms with Crippen molar-refractivity contribution in [1.29, 1.82) is 0 Å². The second kappa shape index (κ2) is 4.23. The van der Waals surface area contributed by atoms with Gasteiger partial charge in [-0.15, -0.1) is 0 Å². The standard InChI is InChI=1S/C11H13NO3/c1-11(12,10(14)15-2)9(13)8-6-4-3-5-7-8/h3-7H,12H2,1-2H3. The van der Waals surface area contributed by atoms with Crippen LogP contribution < -0.4 is 5.73 Å². The van der Waals surface area contributed by atoms with Gasteiger partial charge in [-0.2, -0.15) is 0 Å². The second-order valence-corrected chi connectivity index (χ2v) is 3.39. The lowest BCUT2D eigenvalue weighted by molar-refractivity contribution is -0.144. The summed E-state index contributed by atoms with van der Waals surface area (Å²) in [6.45, 7) is 1.34. The van der Waals surface area contributed by atoms with E-state index >= 15 is 0 Å². The summed E-state index contributed by atoms with van der Waals surface area (Å²) < 4.78 is 4.47. The molecule has 0 fully saturated rings. The number of carbonyl (C=O) groups excluding carboxylic acids is 2. The Morgan fingerprint density at radius 1 is 1.27 bits per heavy atom. The lowest BCUT2D eigenvalue weighted by atomic mass is 9.92. The summed E-state index contributed by atoms with van der Waals surface area (Å²) in [5.41, 5.74) is 4.39. The Balaban J connectivity index is 3.00. The van der Waals surface area contributed by atoms with Crippen LogP contribution >= 0.6 is 0 Å². The molecular formula is C11H13NO3. The van der Waals surface area contributed by atoms with Crippen molar-refractivity contribution in [2.75, 3.05) is 7.11 Å². The topological polar surface area (TPSA) is 69.4 Å². The van der Waals surface area contributed by atoms with Gasteiger partial charge in [-0.05, 0) is 6.92 Å². The Bertz CT molecular complexity index is 371. The van der Waals surface area contributed by atoms with Crippen LogP contribution in [0.5, 0.6) is 0 Å². The Hall–Kier alpha value is -1.68. The van der Waals surface area contributed by atoms with Crippen LogP contribution in [0.2, 0.25) is 0 Å². The number of hydrogen-bond acceptors (Lipinski definition) is 4. The zero-order chi connectivity index (χ0) is 11.5. The average molecular weight is 207 g/mol. The van der Waals surface area contributed by atoms with Crippen molar-refractivity contribution < 1.29 is 14.3 Å². The number of hydrogen-bond donors (Lipinski definition) is 1. The van der Waals surface area contributed by atoms with Gasteiger partial charge in [0, 0.05) is 5.56 Å². The highest BCUT2D eigenvalue weighted by Crippen LogP contribution is 2.12.